The van der Waals surface area contributed by atoms with E-state index in [2.05, 4.69) is 19.2 Å². The maximum atomic E-state index is 13.0. The first kappa shape index (κ1) is 75.5. The Morgan fingerprint density at radius 1 is 0.408 bits per heavy atom. The summed E-state index contributed by atoms with van der Waals surface area (Å²) in [6, 6.07) is -0.796. The Morgan fingerprint density at radius 3 is 0.895 bits per heavy atom. The van der Waals surface area contributed by atoms with E-state index < -0.39 is 20.0 Å². The van der Waals surface area contributed by atoms with Gasteiger partial charge in [-0.2, -0.15) is 0 Å². The minimum absolute atomic E-state index is 0.0169. The first-order chi connectivity index (χ1) is 37.0. The average Bonchev–Trinajstić information content (AvgIpc) is 3.38. The molecule has 0 aromatic heterocycles. The van der Waals surface area contributed by atoms with Crippen molar-refractivity contribution in [1.29, 1.82) is 0 Å². The van der Waals surface area contributed by atoms with Crippen LogP contribution in [0.5, 0.6) is 0 Å². The quantitative estimate of drug-likeness (QED) is 0.0357. The molecule has 9 heteroatoms. The Bertz CT molecular complexity index is 1200. The SMILES string of the molecule is CCCCCCCCCCCCCCCCCCCCCCCCCCCCCCCCCCC(=O)NC(COP(=O)([O-])OCC[N+](C)(C)C)C(O)CCCCCCCCCCCCCCCCCCCCCCCC. The molecule has 0 fully saturated rings. The van der Waals surface area contributed by atoms with Crippen LogP contribution in [0.25, 0.3) is 0 Å². The van der Waals surface area contributed by atoms with Crippen molar-refractivity contribution in [3.8, 4) is 0 Å². The van der Waals surface area contributed by atoms with Crippen LogP contribution in [0.4, 0.5) is 0 Å². The average molecular weight is 1100 g/mol. The first-order valence-corrected chi connectivity index (χ1v) is 35.8. The van der Waals surface area contributed by atoms with Gasteiger partial charge in [0.05, 0.1) is 39.9 Å². The van der Waals surface area contributed by atoms with E-state index in [0.717, 1.165) is 38.5 Å². The van der Waals surface area contributed by atoms with Gasteiger partial charge in [0.15, 0.2) is 0 Å². The predicted octanol–water partition coefficient (Wildman–Crippen LogP) is 20.9. The lowest BCUT2D eigenvalue weighted by molar-refractivity contribution is -0.870. The summed E-state index contributed by atoms with van der Waals surface area (Å²) < 4.78 is 23.5. The molecule has 3 atom stereocenters. The number of phosphoric ester groups is 1. The number of aliphatic hydroxyl groups is 1. The highest BCUT2D eigenvalue weighted by molar-refractivity contribution is 7.45. The van der Waals surface area contributed by atoms with Crippen molar-refractivity contribution in [2.45, 2.75) is 386 Å². The van der Waals surface area contributed by atoms with Crippen LogP contribution in [0, 0.1) is 0 Å². The number of likely N-dealkylation sites (N-methyl/N-ethyl adjacent to an activating group) is 1. The largest absolute Gasteiger partial charge is 0.756 e. The Morgan fingerprint density at radius 2 is 0.645 bits per heavy atom. The molecule has 2 N–H and O–H groups in total. The molecule has 1 amide bonds. The summed E-state index contributed by atoms with van der Waals surface area (Å²) in [5, 5.41) is 14.1. The minimum atomic E-state index is -4.57. The summed E-state index contributed by atoms with van der Waals surface area (Å²) in [5.74, 6) is -0.154. The Kier molecular flexibility index (Phi) is 58.7. The molecule has 76 heavy (non-hydrogen) atoms. The van der Waals surface area contributed by atoms with Gasteiger partial charge in [-0.25, -0.2) is 0 Å². The third-order valence-corrected chi connectivity index (χ3v) is 17.3. The van der Waals surface area contributed by atoms with Gasteiger partial charge >= 0.3 is 0 Å². The zero-order valence-corrected chi connectivity index (χ0v) is 53.2. The molecule has 0 heterocycles. The molecule has 0 aromatic rings. The number of unbranched alkanes of at least 4 members (excludes halogenated alkanes) is 52. The number of hydrogen-bond donors (Lipinski definition) is 2. The molecular weight excluding hydrogens is 960 g/mol. The number of carbonyl (C=O) groups is 1. The van der Waals surface area contributed by atoms with Crippen molar-refractivity contribution >= 4 is 13.7 Å². The van der Waals surface area contributed by atoms with Crippen molar-refractivity contribution in [1.82, 2.24) is 5.32 Å². The lowest BCUT2D eigenvalue weighted by Gasteiger charge is -2.30. The van der Waals surface area contributed by atoms with E-state index >= 15 is 0 Å². The molecule has 0 rings (SSSR count). The number of hydrogen-bond acceptors (Lipinski definition) is 6. The monoisotopic (exact) mass is 1100 g/mol. The van der Waals surface area contributed by atoms with Crippen LogP contribution < -0.4 is 10.2 Å². The van der Waals surface area contributed by atoms with Crippen LogP contribution in [0.1, 0.15) is 373 Å². The van der Waals surface area contributed by atoms with Crippen LogP contribution in [-0.4, -0.2) is 68.5 Å². The number of aliphatic hydroxyl groups excluding tert-OH is 1. The number of nitrogens with zero attached hydrogens (tertiary/aromatic N) is 1. The van der Waals surface area contributed by atoms with Gasteiger partial charge in [-0.05, 0) is 12.8 Å². The summed E-state index contributed by atoms with van der Waals surface area (Å²) in [5.41, 5.74) is 0. The lowest BCUT2D eigenvalue weighted by Crippen LogP contribution is -2.46. The van der Waals surface area contributed by atoms with E-state index in [9.17, 15) is 19.4 Å². The minimum Gasteiger partial charge on any atom is -0.756 e. The fourth-order valence-corrected chi connectivity index (χ4v) is 11.7. The number of nitrogens with one attached hydrogen (secondary N) is 1. The van der Waals surface area contributed by atoms with Crippen LogP contribution in [0.2, 0.25) is 0 Å². The van der Waals surface area contributed by atoms with Crippen molar-refractivity contribution in [2.24, 2.45) is 0 Å². The highest BCUT2D eigenvalue weighted by Gasteiger charge is 2.24. The van der Waals surface area contributed by atoms with Gasteiger partial charge in [-0.3, -0.25) is 9.36 Å². The second-order valence-electron chi connectivity index (χ2n) is 25.3. The third kappa shape index (κ3) is 61.1. The molecule has 0 saturated heterocycles. The molecule has 8 nitrogen and oxygen atoms in total. The van der Waals surface area contributed by atoms with Gasteiger partial charge in [-0.1, -0.05) is 354 Å². The standard InChI is InChI=1S/C67H137N2O6P/c1-6-8-10-12-14-16-18-20-22-24-26-28-30-31-32-33-34-35-36-37-38-39-41-43-45-47-49-51-53-55-57-59-61-67(71)68-65(64-75-76(72,73)74-63-62-69(3,4)5)66(70)60-58-56-54-52-50-48-46-44-42-40-29-27-25-23-21-19-17-15-13-11-9-7-2/h65-66,70H,6-64H2,1-5H3,(H-,68,71,72,73). The summed E-state index contributed by atoms with van der Waals surface area (Å²) >= 11 is 0. The van der Waals surface area contributed by atoms with Crippen LogP contribution in [-0.2, 0) is 18.4 Å². The van der Waals surface area contributed by atoms with Gasteiger partial charge in [-0.15, -0.1) is 0 Å². The fraction of sp³-hybridized carbons (Fsp3) is 0.985. The Hall–Kier alpha value is -0.500. The van der Waals surface area contributed by atoms with Crippen molar-refractivity contribution in [2.75, 3.05) is 40.9 Å². The maximum absolute atomic E-state index is 13.0. The number of carbonyl (C=O) groups excluding carboxylic acids is 1. The number of rotatable bonds is 65. The van der Waals surface area contributed by atoms with Gasteiger partial charge in [0.2, 0.25) is 5.91 Å². The molecule has 0 radical (unpaired) electrons. The first-order valence-electron chi connectivity index (χ1n) is 34.4. The van der Waals surface area contributed by atoms with Gasteiger partial charge in [0, 0.05) is 6.42 Å². The van der Waals surface area contributed by atoms with Crippen LogP contribution in [0.3, 0.4) is 0 Å². The summed E-state index contributed by atoms with van der Waals surface area (Å²) in [6.45, 7) is 4.80. The van der Waals surface area contributed by atoms with Gasteiger partial charge in [0.25, 0.3) is 7.82 Å². The Balaban J connectivity index is 3.96. The lowest BCUT2D eigenvalue weighted by atomic mass is 10.0. The second kappa shape index (κ2) is 59.1. The molecule has 0 bridgehead atoms. The molecule has 456 valence electrons. The molecule has 0 aliphatic rings. The van der Waals surface area contributed by atoms with E-state index in [4.69, 9.17) is 9.05 Å². The third-order valence-electron chi connectivity index (χ3n) is 16.3. The fourth-order valence-electron chi connectivity index (χ4n) is 11.0. The molecule has 0 aromatic carbocycles. The molecule has 0 aliphatic heterocycles. The topological polar surface area (TPSA) is 108 Å². The number of quaternary nitrogens is 1. The Labute approximate surface area is 476 Å². The molecular formula is C67H137N2O6P. The smallest absolute Gasteiger partial charge is 0.268 e. The van der Waals surface area contributed by atoms with Crippen molar-refractivity contribution < 1.29 is 32.9 Å². The zero-order valence-electron chi connectivity index (χ0n) is 52.3. The second-order valence-corrected chi connectivity index (χ2v) is 26.7. The molecule has 0 saturated carbocycles. The van der Waals surface area contributed by atoms with Crippen molar-refractivity contribution in [3.05, 3.63) is 0 Å². The van der Waals surface area contributed by atoms with Crippen LogP contribution in [0.15, 0.2) is 0 Å². The predicted molar refractivity (Wildman–Crippen MR) is 330 cm³/mol. The van der Waals surface area contributed by atoms with E-state index in [0.29, 0.717) is 23.9 Å². The van der Waals surface area contributed by atoms with E-state index in [1.165, 1.54) is 308 Å². The van der Waals surface area contributed by atoms with Gasteiger partial charge < -0.3 is 28.8 Å². The van der Waals surface area contributed by atoms with Crippen LogP contribution >= 0.6 is 7.82 Å². The van der Waals surface area contributed by atoms with Gasteiger partial charge in [0.1, 0.15) is 13.2 Å². The number of phosphoric acid groups is 1. The summed E-state index contributed by atoms with van der Waals surface area (Å²) in [7, 11) is 1.33. The summed E-state index contributed by atoms with van der Waals surface area (Å²) in [6.07, 6.45) is 73.2. The van der Waals surface area contributed by atoms with Crippen molar-refractivity contribution in [3.63, 3.8) is 0 Å². The van der Waals surface area contributed by atoms with E-state index in [-0.39, 0.29) is 19.1 Å². The summed E-state index contributed by atoms with van der Waals surface area (Å²) in [4.78, 5) is 25.6. The number of amides is 1. The normalized spacial score (nSPS) is 13.6. The zero-order chi connectivity index (χ0) is 55.6. The van der Waals surface area contributed by atoms with E-state index in [1.54, 1.807) is 0 Å². The molecule has 0 spiro atoms. The molecule has 0 aliphatic carbocycles. The highest BCUT2D eigenvalue weighted by atomic mass is 31.2. The highest BCUT2D eigenvalue weighted by Crippen LogP contribution is 2.38. The maximum Gasteiger partial charge on any atom is 0.268 e. The molecule has 3 unspecified atom stereocenters. The van der Waals surface area contributed by atoms with E-state index in [1.807, 2.05) is 21.1 Å².